The molecule has 0 radical (unpaired) electrons. The van der Waals surface area contributed by atoms with Crippen molar-refractivity contribution in [2.45, 2.75) is 13.3 Å². The number of aromatic nitrogens is 3. The molecule has 128 valence electrons. The molecule has 0 fully saturated rings. The van der Waals surface area contributed by atoms with Gasteiger partial charge in [0.25, 0.3) is 5.91 Å². The minimum atomic E-state index is -0.357. The van der Waals surface area contributed by atoms with Crippen LogP contribution in [0.25, 0.3) is 0 Å². The molecule has 7 nitrogen and oxygen atoms in total. The third-order valence-electron chi connectivity index (χ3n) is 2.93. The topological polar surface area (TPSA) is 96.9 Å². The van der Waals surface area contributed by atoms with E-state index in [-0.39, 0.29) is 23.9 Å². The zero-order valence-electron chi connectivity index (χ0n) is 12.9. The van der Waals surface area contributed by atoms with Crippen LogP contribution >= 0.6 is 38.6 Å². The van der Waals surface area contributed by atoms with Crippen molar-refractivity contribution in [3.63, 3.8) is 0 Å². The molecule has 25 heavy (non-hydrogen) atoms. The van der Waals surface area contributed by atoms with E-state index < -0.39 is 0 Å². The molecule has 0 aliphatic rings. The number of aryl methyl sites for hydroxylation is 1. The first kappa shape index (κ1) is 17.6. The van der Waals surface area contributed by atoms with Crippen molar-refractivity contribution in [3.8, 4) is 0 Å². The summed E-state index contributed by atoms with van der Waals surface area (Å²) in [4.78, 5) is 37.6. The maximum Gasteiger partial charge on any atom is 0.276 e. The van der Waals surface area contributed by atoms with Crippen molar-refractivity contribution < 1.29 is 9.59 Å². The predicted molar refractivity (Wildman–Crippen MR) is 101 cm³/mol. The van der Waals surface area contributed by atoms with Crippen LogP contribution in [0.4, 0.5) is 10.3 Å². The van der Waals surface area contributed by atoms with Gasteiger partial charge in [-0.2, -0.15) is 0 Å². The summed E-state index contributed by atoms with van der Waals surface area (Å²) in [5.74, 6) is -0.559. The van der Waals surface area contributed by atoms with E-state index in [2.05, 4.69) is 41.5 Å². The molecule has 2 amide bonds. The summed E-state index contributed by atoms with van der Waals surface area (Å²) in [5.41, 5.74) is 0.858. The van der Waals surface area contributed by atoms with Gasteiger partial charge in [0, 0.05) is 16.5 Å². The molecule has 0 aliphatic heterocycles. The van der Waals surface area contributed by atoms with E-state index in [4.69, 9.17) is 0 Å². The molecule has 0 aliphatic carbocycles. The third-order valence-corrected chi connectivity index (χ3v) is 5.01. The monoisotopic (exact) mass is 437 g/mol. The molecule has 0 bridgehead atoms. The summed E-state index contributed by atoms with van der Waals surface area (Å²) in [5, 5.41) is 8.11. The van der Waals surface area contributed by atoms with Crippen LogP contribution in [0.1, 0.15) is 21.1 Å². The molecule has 0 aromatic carbocycles. The summed E-state index contributed by atoms with van der Waals surface area (Å²) >= 11 is 5.89. The van der Waals surface area contributed by atoms with E-state index in [1.165, 1.54) is 22.7 Å². The highest BCUT2D eigenvalue weighted by molar-refractivity contribution is 9.10. The number of thiazole rings is 2. The maximum absolute atomic E-state index is 12.1. The number of carbonyl (C=O) groups excluding carboxylic acids is 2. The molecule has 2 N–H and O–H groups in total. The quantitative estimate of drug-likeness (QED) is 0.595. The third kappa shape index (κ3) is 4.91. The number of halogens is 1. The molecule has 0 unspecified atom stereocenters. The molecule has 0 saturated carbocycles. The van der Waals surface area contributed by atoms with Crippen LogP contribution in [-0.4, -0.2) is 26.8 Å². The van der Waals surface area contributed by atoms with Gasteiger partial charge in [0.2, 0.25) is 5.91 Å². The standard InChI is InChI=1S/C15H12BrN5O2S2/c1-8-6-17-14(25-8)20-12(22)5-9-7-24-15(18-9)21-13(23)10-3-2-4-11(16)19-10/h2-4,6-7H,5H2,1H3,(H,17,20,22)(H,18,21,23). The van der Waals surface area contributed by atoms with Gasteiger partial charge in [-0.3, -0.25) is 14.9 Å². The molecule has 3 heterocycles. The normalized spacial score (nSPS) is 10.5. The fourth-order valence-corrected chi connectivity index (χ4v) is 3.61. The van der Waals surface area contributed by atoms with Crippen LogP contribution in [0.15, 0.2) is 34.4 Å². The zero-order valence-corrected chi connectivity index (χ0v) is 16.2. The van der Waals surface area contributed by atoms with Gasteiger partial charge >= 0.3 is 0 Å². The Morgan fingerprint density at radius 3 is 2.76 bits per heavy atom. The molecular formula is C15H12BrN5O2S2. The second-order valence-electron chi connectivity index (χ2n) is 4.94. The van der Waals surface area contributed by atoms with Crippen LogP contribution in [0.5, 0.6) is 0 Å². The highest BCUT2D eigenvalue weighted by Crippen LogP contribution is 2.19. The van der Waals surface area contributed by atoms with Crippen LogP contribution in [0.3, 0.4) is 0 Å². The second kappa shape index (κ2) is 7.81. The van der Waals surface area contributed by atoms with Crippen LogP contribution in [-0.2, 0) is 11.2 Å². The lowest BCUT2D eigenvalue weighted by Gasteiger charge is -2.01. The van der Waals surface area contributed by atoms with Gasteiger partial charge in [-0.25, -0.2) is 15.0 Å². The number of rotatable bonds is 5. The fraction of sp³-hybridized carbons (Fsp3) is 0.133. The Morgan fingerprint density at radius 1 is 1.20 bits per heavy atom. The minimum Gasteiger partial charge on any atom is -0.302 e. The van der Waals surface area contributed by atoms with Gasteiger partial charge < -0.3 is 5.32 Å². The van der Waals surface area contributed by atoms with Crippen LogP contribution < -0.4 is 10.6 Å². The first-order valence-corrected chi connectivity index (χ1v) is 9.59. The van der Waals surface area contributed by atoms with Crippen molar-refractivity contribution in [3.05, 3.63) is 50.6 Å². The van der Waals surface area contributed by atoms with E-state index in [1.807, 2.05) is 6.92 Å². The van der Waals surface area contributed by atoms with Crippen molar-refractivity contribution in [1.82, 2.24) is 15.0 Å². The Bertz CT molecular complexity index is 924. The number of amides is 2. The summed E-state index contributed by atoms with van der Waals surface area (Å²) in [6.45, 7) is 1.92. The second-order valence-corrected chi connectivity index (χ2v) is 7.85. The molecule has 10 heteroatoms. The highest BCUT2D eigenvalue weighted by atomic mass is 79.9. The van der Waals surface area contributed by atoms with Crippen LogP contribution in [0, 0.1) is 6.92 Å². The van der Waals surface area contributed by atoms with Crippen molar-refractivity contribution >= 4 is 60.7 Å². The first-order valence-electron chi connectivity index (χ1n) is 7.10. The van der Waals surface area contributed by atoms with Gasteiger partial charge in [0.05, 0.1) is 12.1 Å². The van der Waals surface area contributed by atoms with Gasteiger partial charge in [-0.1, -0.05) is 6.07 Å². The van der Waals surface area contributed by atoms with E-state index in [0.717, 1.165) is 4.88 Å². The number of hydrogen-bond donors (Lipinski definition) is 2. The minimum absolute atomic E-state index is 0.111. The van der Waals surface area contributed by atoms with E-state index >= 15 is 0 Å². The predicted octanol–water partition coefficient (Wildman–Crippen LogP) is 3.50. The number of anilines is 2. The molecule has 0 spiro atoms. The molecule has 3 aromatic heterocycles. The fourth-order valence-electron chi connectivity index (χ4n) is 1.88. The lowest BCUT2D eigenvalue weighted by molar-refractivity contribution is -0.115. The molecule has 3 rings (SSSR count). The lowest BCUT2D eigenvalue weighted by atomic mass is 10.3. The average Bonchev–Trinajstić information content (AvgIpc) is 3.16. The average molecular weight is 438 g/mol. The SMILES string of the molecule is Cc1cnc(NC(=O)Cc2csc(NC(=O)c3cccc(Br)n3)n2)s1. The number of hydrogen-bond acceptors (Lipinski definition) is 7. The van der Waals surface area contributed by atoms with Gasteiger partial charge in [-0.05, 0) is 35.0 Å². The lowest BCUT2D eigenvalue weighted by Crippen LogP contribution is -2.15. The maximum atomic E-state index is 12.1. The summed E-state index contributed by atoms with van der Waals surface area (Å²) in [6, 6.07) is 5.07. The Hall–Kier alpha value is -2.17. The summed E-state index contributed by atoms with van der Waals surface area (Å²) < 4.78 is 0.578. The Labute approximate surface area is 159 Å². The number of pyridine rings is 1. The smallest absolute Gasteiger partial charge is 0.276 e. The van der Waals surface area contributed by atoms with Gasteiger partial charge in [0.15, 0.2) is 10.3 Å². The Morgan fingerprint density at radius 2 is 2.04 bits per heavy atom. The number of nitrogens with one attached hydrogen (secondary N) is 2. The van der Waals surface area contributed by atoms with Crippen molar-refractivity contribution in [1.29, 1.82) is 0 Å². The van der Waals surface area contributed by atoms with Gasteiger partial charge in [0.1, 0.15) is 10.3 Å². The van der Waals surface area contributed by atoms with Crippen molar-refractivity contribution in [2.24, 2.45) is 0 Å². The first-order chi connectivity index (χ1) is 12.0. The van der Waals surface area contributed by atoms with E-state index in [1.54, 1.807) is 29.8 Å². The zero-order chi connectivity index (χ0) is 17.8. The van der Waals surface area contributed by atoms with Crippen molar-refractivity contribution in [2.75, 3.05) is 10.6 Å². The number of nitrogens with zero attached hydrogens (tertiary/aromatic N) is 3. The summed E-state index contributed by atoms with van der Waals surface area (Å²) in [7, 11) is 0. The van der Waals surface area contributed by atoms with Crippen LogP contribution in [0.2, 0.25) is 0 Å². The largest absolute Gasteiger partial charge is 0.302 e. The molecule has 0 atom stereocenters. The number of carbonyl (C=O) groups is 2. The van der Waals surface area contributed by atoms with E-state index in [0.29, 0.717) is 20.6 Å². The molecule has 0 saturated heterocycles. The molecular weight excluding hydrogens is 426 g/mol. The summed E-state index contributed by atoms with van der Waals surface area (Å²) in [6.07, 6.45) is 1.81. The Balaban J connectivity index is 1.58. The van der Waals surface area contributed by atoms with E-state index in [9.17, 15) is 9.59 Å². The molecule has 3 aromatic rings. The van der Waals surface area contributed by atoms with Gasteiger partial charge in [-0.15, -0.1) is 22.7 Å². The Kier molecular flexibility index (Phi) is 5.51. The highest BCUT2D eigenvalue weighted by Gasteiger charge is 2.13.